The SMILES string of the molecule is COCCOc1ccc(COC(=O)NS(=O)(=O)NCCCN(C)C)c(Oc2ncc(C(F)(F)F)cc2Cl)c1. The van der Waals surface area contributed by atoms with Crippen molar-refractivity contribution in [3.05, 3.63) is 46.6 Å². The predicted octanol–water partition coefficient (Wildman–Crippen LogP) is 3.58. The van der Waals surface area contributed by atoms with Gasteiger partial charge in [0, 0.05) is 31.5 Å². The van der Waals surface area contributed by atoms with Crippen LogP contribution in [0.4, 0.5) is 18.0 Å². The Morgan fingerprint density at radius 2 is 1.92 bits per heavy atom. The Hall–Kier alpha value is -2.85. The standard InChI is InChI=1S/C22H28ClF3N4O7S/c1-30(2)8-4-7-28-38(32,33)29-21(31)36-14-15-5-6-17(35-10-9-34-3)12-19(15)37-20-18(23)11-16(13-27-20)22(24,25)26/h5-6,11-13,28H,4,7-10,14H2,1-3H3,(H,29,31). The number of benzene rings is 1. The monoisotopic (exact) mass is 584 g/mol. The first-order valence-corrected chi connectivity index (χ1v) is 12.9. The summed E-state index contributed by atoms with van der Waals surface area (Å²) >= 11 is 5.94. The molecular formula is C22H28ClF3N4O7S. The number of alkyl halides is 3. The van der Waals surface area contributed by atoms with E-state index in [1.54, 1.807) is 4.72 Å². The minimum atomic E-state index is -4.65. The van der Waals surface area contributed by atoms with E-state index in [1.165, 1.54) is 25.3 Å². The Bertz CT molecular complexity index is 1180. The van der Waals surface area contributed by atoms with Crippen molar-refractivity contribution >= 4 is 27.9 Å². The lowest BCUT2D eigenvalue weighted by Gasteiger charge is -2.15. The van der Waals surface area contributed by atoms with Gasteiger partial charge in [0.05, 0.1) is 12.2 Å². The van der Waals surface area contributed by atoms with E-state index in [0.29, 0.717) is 31.0 Å². The molecule has 0 unspecified atom stereocenters. The van der Waals surface area contributed by atoms with Gasteiger partial charge in [-0.15, -0.1) is 0 Å². The highest BCUT2D eigenvalue weighted by molar-refractivity contribution is 7.88. The number of nitrogens with one attached hydrogen (secondary N) is 2. The van der Waals surface area contributed by atoms with Crippen LogP contribution < -0.4 is 18.9 Å². The van der Waals surface area contributed by atoms with Crippen LogP contribution in [0, 0.1) is 0 Å². The number of aromatic nitrogens is 1. The van der Waals surface area contributed by atoms with Gasteiger partial charge in [0.15, 0.2) is 0 Å². The van der Waals surface area contributed by atoms with Crippen LogP contribution in [-0.2, 0) is 32.5 Å². The molecule has 0 atom stereocenters. The number of pyridine rings is 1. The predicted molar refractivity (Wildman–Crippen MR) is 132 cm³/mol. The van der Waals surface area contributed by atoms with Gasteiger partial charge in [0.1, 0.15) is 29.7 Å². The van der Waals surface area contributed by atoms with E-state index >= 15 is 0 Å². The number of ether oxygens (including phenoxy) is 4. The maximum absolute atomic E-state index is 12.9. The zero-order valence-corrected chi connectivity index (χ0v) is 22.4. The largest absolute Gasteiger partial charge is 0.491 e. The van der Waals surface area contributed by atoms with Crippen molar-refractivity contribution in [3.63, 3.8) is 0 Å². The van der Waals surface area contributed by atoms with Crippen LogP contribution in [0.5, 0.6) is 17.4 Å². The van der Waals surface area contributed by atoms with Crippen molar-refractivity contribution in [2.24, 2.45) is 0 Å². The molecule has 16 heteroatoms. The number of hydrogen-bond acceptors (Lipinski definition) is 9. The zero-order valence-electron chi connectivity index (χ0n) is 20.8. The van der Waals surface area contributed by atoms with Crippen LogP contribution in [0.3, 0.4) is 0 Å². The summed E-state index contributed by atoms with van der Waals surface area (Å²) in [6.45, 7) is 0.745. The number of halogens is 4. The quantitative estimate of drug-likeness (QED) is 0.320. The number of carbonyl (C=O) groups is 1. The fourth-order valence-electron chi connectivity index (χ4n) is 2.76. The van der Waals surface area contributed by atoms with Gasteiger partial charge in [0.2, 0.25) is 5.88 Å². The number of carbonyl (C=O) groups excluding carboxylic acids is 1. The molecular weight excluding hydrogens is 557 g/mol. The fourth-order valence-corrected chi connectivity index (χ4v) is 3.73. The van der Waals surface area contributed by atoms with Gasteiger partial charge >= 0.3 is 22.5 Å². The van der Waals surface area contributed by atoms with Crippen molar-refractivity contribution in [3.8, 4) is 17.4 Å². The minimum Gasteiger partial charge on any atom is -0.491 e. The molecule has 2 N–H and O–H groups in total. The highest BCUT2D eigenvalue weighted by Crippen LogP contribution is 2.36. The van der Waals surface area contributed by atoms with Gasteiger partial charge in [-0.25, -0.2) is 14.5 Å². The summed E-state index contributed by atoms with van der Waals surface area (Å²) in [6, 6.07) is 5.01. The number of nitrogens with zero attached hydrogens (tertiary/aromatic N) is 2. The molecule has 0 fully saturated rings. The molecule has 0 aliphatic heterocycles. The topological polar surface area (TPSA) is 128 Å². The molecule has 212 valence electrons. The summed E-state index contributed by atoms with van der Waals surface area (Å²) in [5.41, 5.74) is -0.850. The van der Waals surface area contributed by atoms with E-state index in [0.717, 1.165) is 0 Å². The third-order valence-electron chi connectivity index (χ3n) is 4.59. The molecule has 0 saturated carbocycles. The summed E-state index contributed by atoms with van der Waals surface area (Å²) in [7, 11) is 0.999. The molecule has 1 aromatic carbocycles. The first-order chi connectivity index (χ1) is 17.8. The van der Waals surface area contributed by atoms with Gasteiger partial charge in [-0.3, -0.25) is 0 Å². The smallest absolute Gasteiger partial charge is 0.422 e. The number of methoxy groups -OCH3 is 1. The van der Waals surface area contributed by atoms with Gasteiger partial charge in [-0.05, 0) is 45.3 Å². The lowest BCUT2D eigenvalue weighted by molar-refractivity contribution is -0.137. The number of amides is 1. The summed E-state index contributed by atoms with van der Waals surface area (Å²) in [6.07, 6.45) is -4.84. The fraction of sp³-hybridized carbons (Fsp3) is 0.455. The molecule has 0 aliphatic rings. The highest BCUT2D eigenvalue weighted by Gasteiger charge is 2.32. The van der Waals surface area contributed by atoms with Crippen LogP contribution in [0.25, 0.3) is 0 Å². The summed E-state index contributed by atoms with van der Waals surface area (Å²) < 4.78 is 87.8. The normalized spacial score (nSPS) is 11.9. The molecule has 38 heavy (non-hydrogen) atoms. The van der Waals surface area contributed by atoms with Crippen molar-refractivity contribution in [1.29, 1.82) is 0 Å². The summed E-state index contributed by atoms with van der Waals surface area (Å²) in [5, 5.41) is -0.415. The average molecular weight is 585 g/mol. The number of hydrogen-bond donors (Lipinski definition) is 2. The van der Waals surface area contributed by atoms with Crippen molar-refractivity contribution < 1.29 is 45.3 Å². The van der Waals surface area contributed by atoms with Crippen LogP contribution >= 0.6 is 11.6 Å². The van der Waals surface area contributed by atoms with Crippen molar-refractivity contribution in [1.82, 2.24) is 19.3 Å². The molecule has 2 rings (SSSR count). The lowest BCUT2D eigenvalue weighted by atomic mass is 10.2. The minimum absolute atomic E-state index is 0.00783. The van der Waals surface area contributed by atoms with E-state index < -0.39 is 39.7 Å². The van der Waals surface area contributed by atoms with Crippen LogP contribution in [0.2, 0.25) is 5.02 Å². The number of rotatable bonds is 14. The zero-order chi connectivity index (χ0) is 28.3. The molecule has 0 radical (unpaired) electrons. The van der Waals surface area contributed by atoms with Crippen LogP contribution in [-0.4, -0.2) is 71.9 Å². The molecule has 0 saturated heterocycles. The third kappa shape index (κ3) is 10.9. The summed E-state index contributed by atoms with van der Waals surface area (Å²) in [4.78, 5) is 17.6. The van der Waals surface area contributed by atoms with Crippen LogP contribution in [0.1, 0.15) is 17.5 Å². The van der Waals surface area contributed by atoms with Gasteiger partial charge < -0.3 is 23.8 Å². The maximum atomic E-state index is 12.9. The molecule has 1 heterocycles. The van der Waals surface area contributed by atoms with E-state index in [-0.39, 0.29) is 37.0 Å². The lowest BCUT2D eigenvalue weighted by Crippen LogP contribution is -2.41. The Morgan fingerprint density at radius 3 is 2.55 bits per heavy atom. The average Bonchev–Trinajstić information content (AvgIpc) is 2.81. The van der Waals surface area contributed by atoms with Crippen molar-refractivity contribution in [2.45, 2.75) is 19.2 Å². The second-order valence-corrected chi connectivity index (χ2v) is 9.86. The first kappa shape index (κ1) is 31.4. The van der Waals surface area contributed by atoms with E-state index in [1.807, 2.05) is 19.0 Å². The molecule has 1 amide bonds. The van der Waals surface area contributed by atoms with Crippen LogP contribution in [0.15, 0.2) is 30.5 Å². The molecule has 1 aromatic heterocycles. The van der Waals surface area contributed by atoms with E-state index in [9.17, 15) is 26.4 Å². The first-order valence-electron chi connectivity index (χ1n) is 11.0. The second kappa shape index (κ2) is 14.3. The third-order valence-corrected chi connectivity index (χ3v) is 5.88. The summed E-state index contributed by atoms with van der Waals surface area (Å²) in [5.74, 6) is -0.0479. The van der Waals surface area contributed by atoms with Gasteiger partial charge in [-0.1, -0.05) is 11.6 Å². The molecule has 2 aromatic rings. The van der Waals surface area contributed by atoms with E-state index in [4.69, 9.17) is 30.5 Å². The molecule has 0 spiro atoms. The molecule has 0 bridgehead atoms. The Labute approximate surface area is 223 Å². The molecule has 11 nitrogen and oxygen atoms in total. The Morgan fingerprint density at radius 1 is 1.18 bits per heavy atom. The molecule has 0 aliphatic carbocycles. The second-order valence-electron chi connectivity index (χ2n) is 7.95. The maximum Gasteiger partial charge on any atom is 0.422 e. The van der Waals surface area contributed by atoms with Gasteiger partial charge in [0.25, 0.3) is 0 Å². The van der Waals surface area contributed by atoms with E-state index in [2.05, 4.69) is 9.71 Å². The van der Waals surface area contributed by atoms with Crippen molar-refractivity contribution in [2.75, 3.05) is 47.5 Å². The Balaban J connectivity index is 2.13. The van der Waals surface area contributed by atoms with Gasteiger partial charge in [-0.2, -0.15) is 26.3 Å². The Kier molecular flexibility index (Phi) is 11.8. The highest BCUT2D eigenvalue weighted by atomic mass is 35.5.